The van der Waals surface area contributed by atoms with Crippen LogP contribution in [0, 0.1) is 0 Å². The largest absolute Gasteiger partial charge is 0.444 e. The molecule has 1 saturated carbocycles. The average molecular weight is 356 g/mol. The first-order chi connectivity index (χ1) is 11.9. The zero-order valence-corrected chi connectivity index (χ0v) is 15.8. The van der Waals surface area contributed by atoms with Crippen molar-refractivity contribution in [2.75, 3.05) is 0 Å². The lowest BCUT2D eigenvalue weighted by atomic mass is 10.0. The van der Waals surface area contributed by atoms with Crippen LogP contribution in [0.4, 0.5) is 4.79 Å². The Labute approximate surface area is 152 Å². The Morgan fingerprint density at radius 1 is 1.36 bits per heavy atom. The summed E-state index contributed by atoms with van der Waals surface area (Å²) in [5.41, 5.74) is 2.18. The van der Waals surface area contributed by atoms with Crippen LogP contribution in [-0.4, -0.2) is 22.7 Å². The fourth-order valence-electron chi connectivity index (χ4n) is 3.79. The first-order valence-corrected chi connectivity index (χ1v) is 9.81. The maximum atomic E-state index is 12.1. The number of hydrogen-bond donors (Lipinski definition) is 1. The summed E-state index contributed by atoms with van der Waals surface area (Å²) in [6.07, 6.45) is 12.5. The van der Waals surface area contributed by atoms with Crippen LogP contribution in [0.3, 0.4) is 0 Å². The van der Waals surface area contributed by atoms with Gasteiger partial charge < -0.3 is 10.1 Å². The number of nitrogens with one attached hydrogen (secondary N) is 1. The third-order valence-electron chi connectivity index (χ3n) is 4.86. The number of amides is 1. The monoisotopic (exact) mass is 356 g/mol. The number of nitrogens with zero attached hydrogens (tertiary/aromatic N) is 1. The average Bonchev–Trinajstić information content (AvgIpc) is 3.18. The second-order valence-electron chi connectivity index (χ2n) is 7.93. The highest BCUT2D eigenvalue weighted by Gasteiger charge is 2.33. The van der Waals surface area contributed by atoms with Crippen molar-refractivity contribution in [3.63, 3.8) is 0 Å². The molecule has 4 nitrogen and oxygen atoms in total. The number of ether oxygens (including phenoxy) is 1. The predicted octanol–water partition coefficient (Wildman–Crippen LogP) is 3.14. The number of alkyl carbamates (subject to hydrolysis) is 1. The van der Waals surface area contributed by atoms with Gasteiger partial charge in [0.05, 0.1) is 14.9 Å². The number of rotatable bonds is 2. The van der Waals surface area contributed by atoms with E-state index in [0.717, 1.165) is 36.0 Å². The van der Waals surface area contributed by atoms with Crippen LogP contribution < -0.4 is 15.2 Å². The molecule has 0 spiro atoms. The lowest BCUT2D eigenvalue weighted by Gasteiger charge is -2.24. The van der Waals surface area contributed by atoms with Gasteiger partial charge in [-0.2, -0.15) is 0 Å². The molecule has 4 rings (SSSR count). The van der Waals surface area contributed by atoms with E-state index in [0.29, 0.717) is 5.92 Å². The zero-order chi connectivity index (χ0) is 17.6. The molecule has 0 saturated heterocycles. The van der Waals surface area contributed by atoms with Crippen LogP contribution in [0.15, 0.2) is 23.8 Å². The fraction of sp³-hybridized carbons (Fsp3) is 0.500. The van der Waals surface area contributed by atoms with Crippen molar-refractivity contribution >= 4 is 29.1 Å². The lowest BCUT2D eigenvalue weighted by Crippen LogP contribution is -2.40. The van der Waals surface area contributed by atoms with Crippen molar-refractivity contribution in [3.8, 4) is 0 Å². The van der Waals surface area contributed by atoms with E-state index >= 15 is 0 Å². The normalized spacial score (nSPS) is 24.4. The van der Waals surface area contributed by atoms with E-state index in [-0.39, 0.29) is 12.1 Å². The highest BCUT2D eigenvalue weighted by atomic mass is 32.1. The van der Waals surface area contributed by atoms with E-state index in [1.165, 1.54) is 15.7 Å². The van der Waals surface area contributed by atoms with Crippen LogP contribution in [0.2, 0.25) is 0 Å². The number of thiazole rings is 1. The van der Waals surface area contributed by atoms with Crippen molar-refractivity contribution in [1.82, 2.24) is 10.3 Å². The molecule has 132 valence electrons. The third-order valence-corrected chi connectivity index (χ3v) is 5.99. The molecule has 5 heteroatoms. The molecule has 1 aromatic heterocycles. The molecule has 1 heterocycles. The molecule has 0 radical (unpaired) electrons. The van der Waals surface area contributed by atoms with Gasteiger partial charge in [0, 0.05) is 12.0 Å². The Hall–Kier alpha value is -1.88. The Morgan fingerprint density at radius 3 is 3.00 bits per heavy atom. The van der Waals surface area contributed by atoms with Crippen LogP contribution in [-0.2, 0) is 4.74 Å². The molecule has 1 fully saturated rings. The third kappa shape index (κ3) is 3.30. The Bertz CT molecular complexity index is 886. The topological polar surface area (TPSA) is 51.2 Å². The minimum Gasteiger partial charge on any atom is -0.444 e. The summed E-state index contributed by atoms with van der Waals surface area (Å²) in [6.45, 7) is 5.67. The summed E-state index contributed by atoms with van der Waals surface area (Å²) in [5, 5.41) is 5.38. The molecule has 0 aromatic carbocycles. The van der Waals surface area contributed by atoms with Crippen molar-refractivity contribution < 1.29 is 9.53 Å². The molecule has 2 unspecified atom stereocenters. The molecular formula is C20H24N2O2S. The van der Waals surface area contributed by atoms with E-state index in [1.807, 2.05) is 20.8 Å². The van der Waals surface area contributed by atoms with Crippen LogP contribution >= 0.6 is 11.3 Å². The molecular weight excluding hydrogens is 332 g/mol. The van der Waals surface area contributed by atoms with Gasteiger partial charge in [0.1, 0.15) is 5.60 Å². The minimum atomic E-state index is -0.469. The van der Waals surface area contributed by atoms with Gasteiger partial charge >= 0.3 is 6.09 Å². The molecule has 2 atom stereocenters. The quantitative estimate of drug-likeness (QED) is 0.886. The van der Waals surface area contributed by atoms with Gasteiger partial charge in [-0.05, 0) is 57.3 Å². The Balaban J connectivity index is 1.55. The molecule has 0 bridgehead atoms. The number of carbonyl (C=O) groups excluding carboxylic acids is 1. The van der Waals surface area contributed by atoms with E-state index in [2.05, 4.69) is 29.6 Å². The van der Waals surface area contributed by atoms with Crippen molar-refractivity contribution in [3.05, 3.63) is 38.7 Å². The van der Waals surface area contributed by atoms with Gasteiger partial charge in [0.2, 0.25) is 0 Å². The summed E-state index contributed by atoms with van der Waals surface area (Å²) in [7, 11) is 0. The van der Waals surface area contributed by atoms with E-state index in [4.69, 9.17) is 9.72 Å². The molecule has 25 heavy (non-hydrogen) atoms. The lowest BCUT2D eigenvalue weighted by molar-refractivity contribution is 0.0501. The Morgan fingerprint density at radius 2 is 2.20 bits per heavy atom. The van der Waals surface area contributed by atoms with Crippen molar-refractivity contribution in [2.45, 2.75) is 64.0 Å². The van der Waals surface area contributed by atoms with E-state index in [9.17, 15) is 4.79 Å². The van der Waals surface area contributed by atoms with E-state index < -0.39 is 5.60 Å². The smallest absolute Gasteiger partial charge is 0.407 e. The van der Waals surface area contributed by atoms with Crippen LogP contribution in [0.1, 0.15) is 57.4 Å². The van der Waals surface area contributed by atoms with Gasteiger partial charge in [0.15, 0.2) is 0 Å². The molecule has 0 aliphatic heterocycles. The van der Waals surface area contributed by atoms with Gasteiger partial charge in [0.25, 0.3) is 0 Å². The summed E-state index contributed by atoms with van der Waals surface area (Å²) in [4.78, 5) is 17.1. The summed E-state index contributed by atoms with van der Waals surface area (Å²) < 4.78 is 6.69. The number of aromatic nitrogens is 1. The van der Waals surface area contributed by atoms with Gasteiger partial charge in [-0.1, -0.05) is 24.6 Å². The summed E-state index contributed by atoms with van der Waals surface area (Å²) in [6, 6.07) is 0.118. The molecule has 1 N–H and O–H groups in total. The standard InChI is InChI=1S/C20H24N2O2S/c1-20(2,3)24-19(23)21-15-10-6-9-14(15)18-22-17-13-8-5-4-7-12(13)11-16(17)25-18/h4-5,7,11,14-15H,6,8-10H2,1-3H3,(H,21,23). The number of hydrogen-bond acceptors (Lipinski definition) is 4. The number of fused-ring (bicyclic) bond motifs is 2. The minimum absolute atomic E-state index is 0.118. The van der Waals surface area contributed by atoms with Crippen LogP contribution in [0.5, 0.6) is 0 Å². The van der Waals surface area contributed by atoms with E-state index in [1.54, 1.807) is 11.3 Å². The molecule has 1 amide bonds. The molecule has 1 aromatic rings. The first kappa shape index (κ1) is 16.6. The van der Waals surface area contributed by atoms with Gasteiger partial charge in [-0.3, -0.25) is 0 Å². The Kier molecular flexibility index (Phi) is 4.07. The van der Waals surface area contributed by atoms with Gasteiger partial charge in [-0.15, -0.1) is 11.3 Å². The maximum absolute atomic E-state index is 12.1. The number of allylic oxidation sites excluding steroid dienone is 4. The van der Waals surface area contributed by atoms with Gasteiger partial charge in [-0.25, -0.2) is 9.78 Å². The zero-order valence-electron chi connectivity index (χ0n) is 15.0. The predicted molar refractivity (Wildman–Crippen MR) is 101 cm³/mol. The first-order valence-electron chi connectivity index (χ1n) is 8.99. The second-order valence-corrected chi connectivity index (χ2v) is 8.99. The summed E-state index contributed by atoms with van der Waals surface area (Å²) in [5.74, 6) is 0.295. The second kappa shape index (κ2) is 6.13. The highest BCUT2D eigenvalue weighted by Crippen LogP contribution is 2.35. The maximum Gasteiger partial charge on any atom is 0.407 e. The SMILES string of the molecule is CC(C)(C)OC(=O)NC1CCCC1c1nc2c(s1)=CC1=CC=CCC=21. The number of carbonyl (C=O) groups is 1. The van der Waals surface area contributed by atoms with Crippen molar-refractivity contribution in [2.24, 2.45) is 0 Å². The highest BCUT2D eigenvalue weighted by molar-refractivity contribution is 7.09. The molecule has 3 aliphatic rings. The summed E-state index contributed by atoms with van der Waals surface area (Å²) >= 11 is 1.78. The fourth-order valence-corrected chi connectivity index (χ4v) is 5.04. The molecule has 3 aliphatic carbocycles. The van der Waals surface area contributed by atoms with Crippen LogP contribution in [0.25, 0.3) is 11.6 Å². The van der Waals surface area contributed by atoms with Crippen molar-refractivity contribution in [1.29, 1.82) is 0 Å².